The summed E-state index contributed by atoms with van der Waals surface area (Å²) in [5.74, 6) is -0.223. The summed E-state index contributed by atoms with van der Waals surface area (Å²) in [6, 6.07) is 0. The molecule has 19 heavy (non-hydrogen) atoms. The van der Waals surface area contributed by atoms with Gasteiger partial charge in [-0.25, -0.2) is 0 Å². The molecule has 0 unspecified atom stereocenters. The van der Waals surface area contributed by atoms with Gasteiger partial charge in [0, 0.05) is 20.1 Å². The van der Waals surface area contributed by atoms with Gasteiger partial charge in [0.1, 0.15) is 0 Å². The van der Waals surface area contributed by atoms with Crippen LogP contribution in [0.3, 0.4) is 0 Å². The van der Waals surface area contributed by atoms with E-state index >= 15 is 0 Å². The molecule has 106 valence electrons. The normalized spacial score (nSPS) is 10.8. The van der Waals surface area contributed by atoms with E-state index in [9.17, 15) is 4.79 Å². The smallest absolute Gasteiger partial charge is 0.320 e. The molecule has 5 nitrogen and oxygen atoms in total. The Morgan fingerprint density at radius 1 is 1.63 bits per heavy atom. The number of carbonyl (C=O) groups excluding carboxylic acids is 1. The van der Waals surface area contributed by atoms with Gasteiger partial charge >= 0.3 is 5.97 Å². The summed E-state index contributed by atoms with van der Waals surface area (Å²) in [6.07, 6.45) is 1.77. The van der Waals surface area contributed by atoms with Gasteiger partial charge in [-0.1, -0.05) is 6.08 Å². The Morgan fingerprint density at radius 3 is 2.79 bits per heavy atom. The zero-order valence-electron chi connectivity index (χ0n) is 11.6. The highest BCUT2D eigenvalue weighted by Gasteiger charge is 2.16. The van der Waals surface area contributed by atoms with Gasteiger partial charge in [-0.05, 0) is 29.8 Å². The molecule has 1 aromatic rings. The van der Waals surface area contributed by atoms with Crippen LogP contribution in [0.25, 0.3) is 0 Å². The third-order valence-corrected chi connectivity index (χ3v) is 3.71. The molecule has 0 fully saturated rings. The molecule has 0 saturated carbocycles. The molecule has 0 radical (unpaired) electrons. The van der Waals surface area contributed by atoms with Crippen LogP contribution in [0, 0.1) is 6.92 Å². The van der Waals surface area contributed by atoms with Gasteiger partial charge in [-0.15, -0.1) is 6.58 Å². The molecule has 1 rings (SSSR count). The maximum Gasteiger partial charge on any atom is 0.320 e. The summed E-state index contributed by atoms with van der Waals surface area (Å²) in [5.41, 5.74) is 1.97. The first kappa shape index (κ1) is 15.9. The first-order valence-electron chi connectivity index (χ1n) is 6.16. The van der Waals surface area contributed by atoms with Crippen LogP contribution in [0.15, 0.2) is 17.1 Å². The van der Waals surface area contributed by atoms with Crippen molar-refractivity contribution in [2.24, 2.45) is 7.05 Å². The molecule has 1 aromatic heterocycles. The Labute approximate surface area is 122 Å². The molecule has 0 amide bonds. The largest absolute Gasteiger partial charge is 0.465 e. The number of halogens is 1. The maximum atomic E-state index is 11.6. The highest BCUT2D eigenvalue weighted by Crippen LogP contribution is 2.21. The molecule has 0 saturated heterocycles. The van der Waals surface area contributed by atoms with Gasteiger partial charge in [0.05, 0.1) is 29.0 Å². The van der Waals surface area contributed by atoms with E-state index in [0.717, 1.165) is 15.9 Å². The number of aryl methyl sites for hydroxylation is 2. The molecular weight excluding hydrogens is 310 g/mol. The minimum absolute atomic E-state index is 0.223. The third kappa shape index (κ3) is 4.47. The van der Waals surface area contributed by atoms with Gasteiger partial charge in [0.15, 0.2) is 0 Å². The number of esters is 1. The lowest BCUT2D eigenvalue weighted by Gasteiger charge is -2.19. The zero-order valence-corrected chi connectivity index (χ0v) is 13.2. The van der Waals surface area contributed by atoms with E-state index in [1.807, 2.05) is 23.6 Å². The molecule has 0 aromatic carbocycles. The Morgan fingerprint density at radius 2 is 2.32 bits per heavy atom. The van der Waals surface area contributed by atoms with E-state index < -0.39 is 0 Å². The lowest BCUT2D eigenvalue weighted by Crippen LogP contribution is -2.31. The van der Waals surface area contributed by atoms with E-state index in [1.165, 1.54) is 0 Å². The van der Waals surface area contributed by atoms with Gasteiger partial charge in [0.25, 0.3) is 0 Å². The van der Waals surface area contributed by atoms with Crippen LogP contribution in [0.4, 0.5) is 0 Å². The number of carbonyl (C=O) groups is 1. The van der Waals surface area contributed by atoms with Crippen molar-refractivity contribution >= 4 is 21.9 Å². The zero-order chi connectivity index (χ0) is 14.4. The number of rotatable bonds is 7. The number of ether oxygens (including phenoxy) is 1. The van der Waals surface area contributed by atoms with Crippen molar-refractivity contribution < 1.29 is 9.53 Å². The molecule has 6 heteroatoms. The van der Waals surface area contributed by atoms with Gasteiger partial charge in [0.2, 0.25) is 0 Å². The van der Waals surface area contributed by atoms with E-state index in [-0.39, 0.29) is 12.5 Å². The second kappa shape index (κ2) is 7.45. The maximum absolute atomic E-state index is 11.6. The Balaban J connectivity index is 2.77. The molecule has 0 aliphatic rings. The fourth-order valence-corrected chi connectivity index (χ4v) is 2.28. The fourth-order valence-electron chi connectivity index (χ4n) is 1.82. The third-order valence-electron chi connectivity index (χ3n) is 2.68. The van der Waals surface area contributed by atoms with Crippen molar-refractivity contribution in [3.05, 3.63) is 28.5 Å². The van der Waals surface area contributed by atoms with Crippen molar-refractivity contribution in [2.45, 2.75) is 20.4 Å². The van der Waals surface area contributed by atoms with Crippen molar-refractivity contribution in [1.29, 1.82) is 0 Å². The lowest BCUT2D eigenvalue weighted by molar-refractivity contribution is -0.144. The average Bonchev–Trinajstić information content (AvgIpc) is 2.56. The van der Waals surface area contributed by atoms with Gasteiger partial charge in [-0.2, -0.15) is 5.10 Å². The standard InChI is InChI=1S/C13H20BrN3O2/c1-5-7-17(9-12(18)19-6-2)8-11-13(14)10(3)15-16(11)4/h5H,1,6-9H2,2-4H3. The van der Waals surface area contributed by atoms with Crippen LogP contribution >= 0.6 is 15.9 Å². The molecule has 0 bridgehead atoms. The van der Waals surface area contributed by atoms with E-state index in [4.69, 9.17) is 4.74 Å². The Kier molecular flexibility index (Phi) is 6.24. The summed E-state index contributed by atoms with van der Waals surface area (Å²) in [4.78, 5) is 13.5. The minimum atomic E-state index is -0.223. The van der Waals surface area contributed by atoms with Crippen molar-refractivity contribution in [3.63, 3.8) is 0 Å². The van der Waals surface area contributed by atoms with Crippen molar-refractivity contribution in [1.82, 2.24) is 14.7 Å². The quantitative estimate of drug-likeness (QED) is 0.567. The summed E-state index contributed by atoms with van der Waals surface area (Å²) >= 11 is 3.53. The number of hydrogen-bond acceptors (Lipinski definition) is 4. The van der Waals surface area contributed by atoms with Crippen molar-refractivity contribution in [2.75, 3.05) is 19.7 Å². The van der Waals surface area contributed by atoms with Crippen LogP contribution in [-0.4, -0.2) is 40.3 Å². The molecule has 0 atom stereocenters. The summed E-state index contributed by atoms with van der Waals surface area (Å²) < 4.78 is 7.77. The summed E-state index contributed by atoms with van der Waals surface area (Å²) in [5, 5.41) is 4.34. The highest BCUT2D eigenvalue weighted by molar-refractivity contribution is 9.10. The van der Waals surface area contributed by atoms with Crippen LogP contribution in [0.2, 0.25) is 0 Å². The number of aromatic nitrogens is 2. The summed E-state index contributed by atoms with van der Waals surface area (Å²) in [6.45, 7) is 9.34. The highest BCUT2D eigenvalue weighted by atomic mass is 79.9. The molecule has 0 spiro atoms. The molecule has 0 aliphatic heterocycles. The molecule has 0 aliphatic carbocycles. The number of hydrogen-bond donors (Lipinski definition) is 0. The predicted octanol–water partition coefficient (Wildman–Crippen LogP) is 2.04. The van der Waals surface area contributed by atoms with Crippen LogP contribution in [0.5, 0.6) is 0 Å². The lowest BCUT2D eigenvalue weighted by atomic mass is 10.3. The van der Waals surface area contributed by atoms with Crippen LogP contribution in [-0.2, 0) is 23.1 Å². The number of nitrogens with zero attached hydrogens (tertiary/aromatic N) is 3. The first-order valence-corrected chi connectivity index (χ1v) is 6.95. The second-order valence-electron chi connectivity index (χ2n) is 4.23. The minimum Gasteiger partial charge on any atom is -0.465 e. The van der Waals surface area contributed by atoms with E-state index in [0.29, 0.717) is 19.7 Å². The fraction of sp³-hybridized carbons (Fsp3) is 0.538. The molecule has 1 heterocycles. The van der Waals surface area contributed by atoms with Gasteiger partial charge < -0.3 is 4.74 Å². The molecular formula is C13H20BrN3O2. The first-order chi connectivity index (χ1) is 8.99. The van der Waals surface area contributed by atoms with Gasteiger partial charge in [-0.3, -0.25) is 14.4 Å². The van der Waals surface area contributed by atoms with Crippen molar-refractivity contribution in [3.8, 4) is 0 Å². The van der Waals surface area contributed by atoms with E-state index in [1.54, 1.807) is 13.0 Å². The predicted molar refractivity (Wildman–Crippen MR) is 77.8 cm³/mol. The Hall–Kier alpha value is -1.14. The monoisotopic (exact) mass is 329 g/mol. The van der Waals surface area contributed by atoms with Crippen LogP contribution < -0.4 is 0 Å². The SMILES string of the molecule is C=CCN(CC(=O)OCC)Cc1c(Br)c(C)nn1C. The topological polar surface area (TPSA) is 47.4 Å². The van der Waals surface area contributed by atoms with E-state index in [2.05, 4.69) is 27.6 Å². The van der Waals surface area contributed by atoms with Crippen LogP contribution in [0.1, 0.15) is 18.3 Å². The second-order valence-corrected chi connectivity index (χ2v) is 5.03. The molecule has 0 N–H and O–H groups in total. The average molecular weight is 330 g/mol. The summed E-state index contributed by atoms with van der Waals surface area (Å²) in [7, 11) is 1.89. The Bertz CT molecular complexity index is 457.